The molecular weight excluding hydrogens is 454 g/mol. The number of hydrogen-bond donors (Lipinski definition) is 1. The topological polar surface area (TPSA) is 76.1 Å². The Balaban J connectivity index is 1.41. The van der Waals surface area contributed by atoms with Gasteiger partial charge in [0.1, 0.15) is 18.4 Å². The highest BCUT2D eigenvalue weighted by atomic mass is 16.5. The highest BCUT2D eigenvalue weighted by Gasteiger charge is 2.40. The van der Waals surface area contributed by atoms with Crippen LogP contribution >= 0.6 is 0 Å². The fourth-order valence-electron chi connectivity index (χ4n) is 5.19. The number of fused-ring (bicyclic) bond motifs is 1. The SMILES string of the molecule is O=C(O)[C@@H]1Cc2c(cccc2OCc2ccccc2)CN1C(=O)[C@@H](OC1CCCC1)c1ccccc1. The minimum atomic E-state index is -1.03. The van der Waals surface area contributed by atoms with Gasteiger partial charge in [0.05, 0.1) is 6.10 Å². The van der Waals surface area contributed by atoms with Gasteiger partial charge in [0.2, 0.25) is 0 Å². The number of nitrogens with zero attached hydrogens (tertiary/aromatic N) is 1. The van der Waals surface area contributed by atoms with Crippen LogP contribution < -0.4 is 4.74 Å². The van der Waals surface area contributed by atoms with E-state index in [2.05, 4.69) is 0 Å². The summed E-state index contributed by atoms with van der Waals surface area (Å²) in [6, 6.07) is 24.0. The van der Waals surface area contributed by atoms with Gasteiger partial charge in [-0.1, -0.05) is 85.6 Å². The highest BCUT2D eigenvalue weighted by Crippen LogP contribution is 2.35. The van der Waals surface area contributed by atoms with Gasteiger partial charge in [0.25, 0.3) is 5.91 Å². The minimum Gasteiger partial charge on any atom is -0.489 e. The molecule has 36 heavy (non-hydrogen) atoms. The number of carbonyl (C=O) groups is 2. The lowest BCUT2D eigenvalue weighted by Gasteiger charge is -2.37. The summed E-state index contributed by atoms with van der Waals surface area (Å²) in [5.41, 5.74) is 3.54. The van der Waals surface area contributed by atoms with Gasteiger partial charge in [0.15, 0.2) is 6.10 Å². The Kier molecular flexibility index (Phi) is 7.33. The smallest absolute Gasteiger partial charge is 0.326 e. The first-order chi connectivity index (χ1) is 17.6. The van der Waals surface area contributed by atoms with E-state index >= 15 is 0 Å². The van der Waals surface area contributed by atoms with Crippen LogP contribution in [0.1, 0.15) is 54.0 Å². The van der Waals surface area contributed by atoms with Crippen molar-refractivity contribution in [2.24, 2.45) is 0 Å². The molecule has 1 aliphatic carbocycles. The average Bonchev–Trinajstić information content (AvgIpc) is 3.44. The molecule has 1 amide bonds. The van der Waals surface area contributed by atoms with Crippen LogP contribution in [0.2, 0.25) is 0 Å². The van der Waals surface area contributed by atoms with Crippen molar-refractivity contribution in [1.29, 1.82) is 0 Å². The summed E-state index contributed by atoms with van der Waals surface area (Å²) >= 11 is 0. The summed E-state index contributed by atoms with van der Waals surface area (Å²) < 4.78 is 12.4. The lowest BCUT2D eigenvalue weighted by Crippen LogP contribution is -2.50. The van der Waals surface area contributed by atoms with Crippen LogP contribution in [0.15, 0.2) is 78.9 Å². The molecule has 6 nitrogen and oxygen atoms in total. The van der Waals surface area contributed by atoms with Gasteiger partial charge in [-0.2, -0.15) is 0 Å². The van der Waals surface area contributed by atoms with Gasteiger partial charge in [0, 0.05) is 18.5 Å². The number of ether oxygens (including phenoxy) is 2. The highest BCUT2D eigenvalue weighted by molar-refractivity contribution is 5.88. The number of amides is 1. The standard InChI is InChI=1S/C30H31NO5/c32-29(28(22-12-5-2-6-13-22)36-24-15-7-8-16-24)31-19-23-14-9-17-27(25(23)18-26(31)30(33)34)35-20-21-10-3-1-4-11-21/h1-6,9-14,17,24,26,28H,7-8,15-16,18-20H2,(H,33,34)/t26-,28-/m0/s1. The first-order valence-electron chi connectivity index (χ1n) is 12.6. The van der Waals surface area contributed by atoms with Crippen molar-refractivity contribution < 1.29 is 24.2 Å². The van der Waals surface area contributed by atoms with Gasteiger partial charge < -0.3 is 19.5 Å². The van der Waals surface area contributed by atoms with Crippen molar-refractivity contribution in [2.75, 3.05) is 0 Å². The average molecular weight is 486 g/mol. The molecule has 186 valence electrons. The number of aliphatic carboxylic acids is 1. The maximum atomic E-state index is 13.9. The quantitative estimate of drug-likeness (QED) is 0.468. The molecule has 1 aliphatic heterocycles. The Labute approximate surface area is 211 Å². The molecule has 0 aromatic heterocycles. The van der Waals surface area contributed by atoms with Crippen LogP contribution in [0.25, 0.3) is 0 Å². The van der Waals surface area contributed by atoms with E-state index in [0.717, 1.165) is 47.9 Å². The molecule has 0 saturated heterocycles. The summed E-state index contributed by atoms with van der Waals surface area (Å²) in [6.07, 6.45) is 3.38. The summed E-state index contributed by atoms with van der Waals surface area (Å²) in [6.45, 7) is 0.591. The lowest BCUT2D eigenvalue weighted by molar-refractivity contribution is -0.160. The zero-order valence-corrected chi connectivity index (χ0v) is 20.2. The van der Waals surface area contributed by atoms with E-state index in [1.807, 2.05) is 78.9 Å². The Hall–Kier alpha value is -3.64. The van der Waals surface area contributed by atoms with Crippen LogP contribution in [0.4, 0.5) is 0 Å². The zero-order chi connectivity index (χ0) is 24.9. The van der Waals surface area contributed by atoms with E-state index in [1.54, 1.807) is 0 Å². The molecular formula is C30H31NO5. The molecule has 1 fully saturated rings. The molecule has 5 rings (SSSR count). The molecule has 1 saturated carbocycles. The predicted octanol–water partition coefficient (Wildman–Crippen LogP) is 5.30. The Bertz CT molecular complexity index is 1190. The second-order valence-electron chi connectivity index (χ2n) is 9.53. The summed E-state index contributed by atoms with van der Waals surface area (Å²) in [7, 11) is 0. The molecule has 6 heteroatoms. The molecule has 0 spiro atoms. The maximum Gasteiger partial charge on any atom is 0.326 e. The second kappa shape index (κ2) is 11.0. The van der Waals surface area contributed by atoms with Gasteiger partial charge in [-0.05, 0) is 35.6 Å². The zero-order valence-electron chi connectivity index (χ0n) is 20.2. The molecule has 2 aliphatic rings. The number of carboxylic acid groups (broad SMARTS) is 1. The number of carbonyl (C=O) groups excluding carboxylic acids is 1. The number of hydrogen-bond acceptors (Lipinski definition) is 4. The monoisotopic (exact) mass is 485 g/mol. The first kappa shape index (κ1) is 24.1. The van der Waals surface area contributed by atoms with Crippen molar-refractivity contribution in [2.45, 2.75) is 63.5 Å². The fourth-order valence-corrected chi connectivity index (χ4v) is 5.19. The van der Waals surface area contributed by atoms with E-state index in [4.69, 9.17) is 9.47 Å². The number of carboxylic acids is 1. The molecule has 2 atom stereocenters. The molecule has 0 bridgehead atoms. The van der Waals surface area contributed by atoms with E-state index in [-0.39, 0.29) is 25.0 Å². The van der Waals surface area contributed by atoms with Crippen molar-refractivity contribution in [3.63, 3.8) is 0 Å². The third-order valence-corrected chi connectivity index (χ3v) is 7.11. The minimum absolute atomic E-state index is 0.0116. The first-order valence-corrected chi connectivity index (χ1v) is 12.6. The molecule has 3 aromatic carbocycles. The summed E-state index contributed by atoms with van der Waals surface area (Å²) in [5, 5.41) is 10.1. The Morgan fingerprint density at radius 2 is 1.61 bits per heavy atom. The van der Waals surface area contributed by atoms with E-state index in [0.29, 0.717) is 12.4 Å². The van der Waals surface area contributed by atoms with Crippen LogP contribution in [-0.2, 0) is 33.9 Å². The van der Waals surface area contributed by atoms with Crippen LogP contribution in [0.3, 0.4) is 0 Å². The molecule has 1 N–H and O–H groups in total. The summed E-state index contributed by atoms with van der Waals surface area (Å²) in [4.78, 5) is 27.8. The number of rotatable bonds is 8. The van der Waals surface area contributed by atoms with Gasteiger partial charge >= 0.3 is 5.97 Å². The second-order valence-corrected chi connectivity index (χ2v) is 9.53. The lowest BCUT2D eigenvalue weighted by atomic mass is 9.92. The largest absolute Gasteiger partial charge is 0.489 e. The third-order valence-electron chi connectivity index (χ3n) is 7.11. The number of benzene rings is 3. The maximum absolute atomic E-state index is 13.9. The molecule has 1 heterocycles. The molecule has 3 aromatic rings. The van der Waals surface area contributed by atoms with Crippen LogP contribution in [-0.4, -0.2) is 34.0 Å². The van der Waals surface area contributed by atoms with Crippen molar-refractivity contribution in [1.82, 2.24) is 4.90 Å². The fraction of sp³-hybridized carbons (Fsp3) is 0.333. The van der Waals surface area contributed by atoms with Gasteiger partial charge in [-0.3, -0.25) is 4.79 Å². The van der Waals surface area contributed by atoms with E-state index < -0.39 is 18.1 Å². The Morgan fingerprint density at radius 1 is 0.917 bits per heavy atom. The van der Waals surface area contributed by atoms with E-state index in [1.165, 1.54) is 4.90 Å². The van der Waals surface area contributed by atoms with Crippen LogP contribution in [0.5, 0.6) is 5.75 Å². The van der Waals surface area contributed by atoms with Gasteiger partial charge in [-0.15, -0.1) is 0 Å². The normalized spacial score (nSPS) is 18.4. The van der Waals surface area contributed by atoms with Gasteiger partial charge in [-0.25, -0.2) is 4.79 Å². The van der Waals surface area contributed by atoms with Crippen molar-refractivity contribution in [3.05, 3.63) is 101 Å². The third kappa shape index (κ3) is 5.29. The Morgan fingerprint density at radius 3 is 2.31 bits per heavy atom. The molecule has 0 radical (unpaired) electrons. The predicted molar refractivity (Wildman–Crippen MR) is 135 cm³/mol. The summed E-state index contributed by atoms with van der Waals surface area (Å²) in [5.74, 6) is -0.669. The van der Waals surface area contributed by atoms with Crippen molar-refractivity contribution >= 4 is 11.9 Å². The van der Waals surface area contributed by atoms with Crippen LogP contribution in [0, 0.1) is 0 Å². The van der Waals surface area contributed by atoms with E-state index in [9.17, 15) is 14.7 Å². The van der Waals surface area contributed by atoms with Crippen molar-refractivity contribution in [3.8, 4) is 5.75 Å². The molecule has 0 unspecified atom stereocenters.